The topological polar surface area (TPSA) is 44.8 Å². The summed E-state index contributed by atoms with van der Waals surface area (Å²) < 4.78 is 16.0. The average molecular weight is 417 g/mol. The fourth-order valence-electron chi connectivity index (χ4n) is 2.19. The number of methoxy groups -OCH3 is 2. The van der Waals surface area contributed by atoms with Crippen LogP contribution in [0.4, 0.5) is 0 Å². The van der Waals surface area contributed by atoms with Gasteiger partial charge in [-0.3, -0.25) is 4.79 Å². The van der Waals surface area contributed by atoms with E-state index in [1.165, 1.54) is 12.2 Å². The molecule has 0 bridgehead atoms. The minimum Gasteiger partial charge on any atom is -0.497 e. The molecule has 2 aromatic carbocycles. The lowest BCUT2D eigenvalue weighted by Crippen LogP contribution is -1.97. The molecule has 4 nitrogen and oxygen atoms in total. The molecule has 0 spiro atoms. The zero-order valence-corrected chi connectivity index (χ0v) is 16.4. The third kappa shape index (κ3) is 6.08. The van der Waals surface area contributed by atoms with Gasteiger partial charge in [0.2, 0.25) is 0 Å². The second kappa shape index (κ2) is 10.5. The summed E-state index contributed by atoms with van der Waals surface area (Å²) in [4.78, 5) is 12.1. The van der Waals surface area contributed by atoms with Gasteiger partial charge in [-0.15, -0.1) is 0 Å². The lowest BCUT2D eigenvalue weighted by atomic mass is 10.1. The molecule has 0 aliphatic heterocycles. The maximum absolute atomic E-state index is 12.1. The van der Waals surface area contributed by atoms with Crippen molar-refractivity contribution in [1.29, 1.82) is 0 Å². The molecular weight excluding hydrogens is 396 g/mol. The number of benzene rings is 2. The number of carbonyl (C=O) groups is 1. The van der Waals surface area contributed by atoms with E-state index in [1.807, 2.05) is 36.4 Å². The number of allylic oxidation sites excluding steroid dienone is 2. The summed E-state index contributed by atoms with van der Waals surface area (Å²) >= 11 is 3.32. The molecule has 26 heavy (non-hydrogen) atoms. The molecule has 5 heteroatoms. The van der Waals surface area contributed by atoms with Crippen molar-refractivity contribution >= 4 is 33.9 Å². The molecule has 0 heterocycles. The summed E-state index contributed by atoms with van der Waals surface area (Å²) in [5.74, 6) is 2.05. The normalized spacial score (nSPS) is 11.0. The standard InChI is InChI=1S/C21H21BrO4/c1-24-20-12-7-17(21(15-20)25-2)6-9-18(23)8-3-16-4-10-19(11-5-16)26-14-13-22/h3-12,15H,13-14H2,1-2H3. The van der Waals surface area contributed by atoms with Gasteiger partial charge in [-0.1, -0.05) is 34.1 Å². The first-order valence-corrected chi connectivity index (χ1v) is 9.19. The van der Waals surface area contributed by atoms with E-state index in [2.05, 4.69) is 15.9 Å². The Hall–Kier alpha value is -2.53. The van der Waals surface area contributed by atoms with E-state index in [-0.39, 0.29) is 5.78 Å². The van der Waals surface area contributed by atoms with Gasteiger partial charge in [-0.25, -0.2) is 0 Å². The van der Waals surface area contributed by atoms with E-state index >= 15 is 0 Å². The Morgan fingerprint density at radius 2 is 1.65 bits per heavy atom. The zero-order chi connectivity index (χ0) is 18.8. The van der Waals surface area contributed by atoms with Crippen LogP contribution < -0.4 is 14.2 Å². The first-order valence-electron chi connectivity index (χ1n) is 8.07. The summed E-state index contributed by atoms with van der Waals surface area (Å²) in [5, 5.41) is 0.786. The fourth-order valence-corrected chi connectivity index (χ4v) is 2.36. The summed E-state index contributed by atoms with van der Waals surface area (Å²) in [7, 11) is 3.18. The number of rotatable bonds is 9. The molecule has 0 unspecified atom stereocenters. The number of ketones is 1. The fraction of sp³-hybridized carbons (Fsp3) is 0.190. The monoisotopic (exact) mass is 416 g/mol. The Morgan fingerprint density at radius 3 is 2.31 bits per heavy atom. The van der Waals surface area contributed by atoms with Crippen LogP contribution in [0.15, 0.2) is 54.6 Å². The largest absolute Gasteiger partial charge is 0.497 e. The molecule has 0 N–H and O–H groups in total. The van der Waals surface area contributed by atoms with E-state index in [4.69, 9.17) is 14.2 Å². The van der Waals surface area contributed by atoms with Crippen molar-refractivity contribution in [2.75, 3.05) is 26.2 Å². The average Bonchev–Trinajstić information content (AvgIpc) is 2.69. The maximum Gasteiger partial charge on any atom is 0.178 e. The molecular formula is C21H21BrO4. The summed E-state index contributed by atoms with van der Waals surface area (Å²) in [6, 6.07) is 13.0. The van der Waals surface area contributed by atoms with Crippen LogP contribution in [0.1, 0.15) is 11.1 Å². The number of ether oxygens (including phenoxy) is 3. The highest BCUT2D eigenvalue weighted by molar-refractivity contribution is 9.09. The highest BCUT2D eigenvalue weighted by Crippen LogP contribution is 2.25. The van der Waals surface area contributed by atoms with Gasteiger partial charge in [0.15, 0.2) is 5.78 Å². The van der Waals surface area contributed by atoms with Gasteiger partial charge in [0.05, 0.1) is 20.8 Å². The molecule has 0 aromatic heterocycles. The zero-order valence-electron chi connectivity index (χ0n) is 14.8. The van der Waals surface area contributed by atoms with Gasteiger partial charge >= 0.3 is 0 Å². The van der Waals surface area contributed by atoms with Crippen molar-refractivity contribution in [3.8, 4) is 17.2 Å². The van der Waals surface area contributed by atoms with E-state index in [9.17, 15) is 4.79 Å². The van der Waals surface area contributed by atoms with Gasteiger partial charge in [-0.05, 0) is 48.1 Å². The van der Waals surface area contributed by atoms with Crippen LogP contribution in [0.25, 0.3) is 12.2 Å². The van der Waals surface area contributed by atoms with Crippen LogP contribution in [0, 0.1) is 0 Å². The van der Waals surface area contributed by atoms with E-state index < -0.39 is 0 Å². The van der Waals surface area contributed by atoms with Crippen LogP contribution >= 0.6 is 15.9 Å². The predicted octanol–water partition coefficient (Wildman–Crippen LogP) is 4.77. The van der Waals surface area contributed by atoms with Gasteiger partial charge in [-0.2, -0.15) is 0 Å². The van der Waals surface area contributed by atoms with Crippen molar-refractivity contribution in [2.24, 2.45) is 0 Å². The van der Waals surface area contributed by atoms with Crippen LogP contribution in [0.2, 0.25) is 0 Å². The second-order valence-electron chi connectivity index (χ2n) is 5.28. The second-order valence-corrected chi connectivity index (χ2v) is 6.08. The van der Waals surface area contributed by atoms with E-state index in [0.29, 0.717) is 18.1 Å². The van der Waals surface area contributed by atoms with Crippen molar-refractivity contribution in [3.63, 3.8) is 0 Å². The third-order valence-electron chi connectivity index (χ3n) is 3.53. The third-order valence-corrected chi connectivity index (χ3v) is 3.86. The Kier molecular flexibility index (Phi) is 7.96. The molecule has 0 fully saturated rings. The van der Waals surface area contributed by atoms with Crippen molar-refractivity contribution in [1.82, 2.24) is 0 Å². The molecule has 0 amide bonds. The highest BCUT2D eigenvalue weighted by atomic mass is 79.9. The van der Waals surface area contributed by atoms with Crippen LogP contribution in [-0.2, 0) is 4.79 Å². The summed E-state index contributed by atoms with van der Waals surface area (Å²) in [6.45, 7) is 0.618. The molecule has 0 radical (unpaired) electrons. The lowest BCUT2D eigenvalue weighted by Gasteiger charge is -2.06. The quantitative estimate of drug-likeness (QED) is 0.436. The van der Waals surface area contributed by atoms with E-state index in [0.717, 1.165) is 22.2 Å². The predicted molar refractivity (Wildman–Crippen MR) is 108 cm³/mol. The Balaban J connectivity index is 1.99. The van der Waals surface area contributed by atoms with Crippen molar-refractivity contribution in [3.05, 3.63) is 65.7 Å². The smallest absolute Gasteiger partial charge is 0.178 e. The van der Waals surface area contributed by atoms with Crippen LogP contribution in [0.3, 0.4) is 0 Å². The van der Waals surface area contributed by atoms with Gasteiger partial charge in [0.25, 0.3) is 0 Å². The molecule has 0 saturated carbocycles. The number of alkyl halides is 1. The number of halogens is 1. The maximum atomic E-state index is 12.1. The summed E-state index contributed by atoms with van der Waals surface area (Å²) in [6.07, 6.45) is 6.53. The Morgan fingerprint density at radius 1 is 0.962 bits per heavy atom. The molecule has 0 atom stereocenters. The SMILES string of the molecule is COc1ccc(C=CC(=O)C=Cc2ccc(OCCBr)cc2)c(OC)c1. The van der Waals surface area contributed by atoms with Crippen LogP contribution in [-0.4, -0.2) is 31.9 Å². The number of hydrogen-bond donors (Lipinski definition) is 0. The van der Waals surface area contributed by atoms with Gasteiger partial charge in [0, 0.05) is 17.0 Å². The van der Waals surface area contributed by atoms with Crippen molar-refractivity contribution < 1.29 is 19.0 Å². The molecule has 0 saturated heterocycles. The Labute approximate surface area is 162 Å². The molecule has 2 aromatic rings. The van der Waals surface area contributed by atoms with Gasteiger partial charge in [0.1, 0.15) is 17.2 Å². The van der Waals surface area contributed by atoms with Gasteiger partial charge < -0.3 is 14.2 Å². The van der Waals surface area contributed by atoms with E-state index in [1.54, 1.807) is 32.4 Å². The summed E-state index contributed by atoms with van der Waals surface area (Å²) in [5.41, 5.74) is 1.74. The molecule has 0 aliphatic carbocycles. The van der Waals surface area contributed by atoms with Crippen LogP contribution in [0.5, 0.6) is 17.2 Å². The molecule has 0 aliphatic rings. The molecule has 2 rings (SSSR count). The number of hydrogen-bond acceptors (Lipinski definition) is 4. The minimum absolute atomic E-state index is 0.109. The van der Waals surface area contributed by atoms with Crippen molar-refractivity contribution in [2.45, 2.75) is 0 Å². The first kappa shape index (κ1) is 19.8. The first-order chi connectivity index (χ1) is 12.7. The Bertz CT molecular complexity index is 779. The number of carbonyl (C=O) groups excluding carboxylic acids is 1. The lowest BCUT2D eigenvalue weighted by molar-refractivity contribution is -0.110. The minimum atomic E-state index is -0.109. The highest BCUT2D eigenvalue weighted by Gasteiger charge is 2.02. The molecule has 136 valence electrons.